The van der Waals surface area contributed by atoms with E-state index in [0.717, 1.165) is 52.1 Å². The largest absolute Gasteiger partial charge is 0.469 e. The molecular weight excluding hydrogens is 310 g/mol. The van der Waals surface area contributed by atoms with Crippen LogP contribution in [0, 0.1) is 0 Å². The lowest BCUT2D eigenvalue weighted by atomic mass is 10.3. The minimum Gasteiger partial charge on any atom is -0.469 e. The van der Waals surface area contributed by atoms with Crippen LogP contribution >= 0.6 is 0 Å². The Labute approximate surface area is 146 Å². The fourth-order valence-electron chi connectivity index (χ4n) is 2.32. The van der Waals surface area contributed by atoms with Gasteiger partial charge in [0.2, 0.25) is 0 Å². The molecule has 0 saturated carbocycles. The molecule has 0 aromatic carbocycles. The molecule has 0 bridgehead atoms. The summed E-state index contributed by atoms with van der Waals surface area (Å²) in [5.41, 5.74) is 0. The normalized spacial score (nSPS) is 11.3. The van der Waals surface area contributed by atoms with Crippen molar-refractivity contribution in [2.75, 3.05) is 74.6 Å². The third kappa shape index (κ3) is 13.3. The highest BCUT2D eigenvalue weighted by Gasteiger charge is 2.06. The van der Waals surface area contributed by atoms with Crippen LogP contribution < -0.4 is 0 Å². The first-order valence-corrected chi connectivity index (χ1v) is 8.58. The highest BCUT2D eigenvalue weighted by atomic mass is 16.5. The minimum atomic E-state index is -0.157. The zero-order valence-electron chi connectivity index (χ0n) is 16.0. The number of esters is 2. The molecule has 0 fully saturated rings. The molecule has 142 valence electrons. The van der Waals surface area contributed by atoms with Crippen molar-refractivity contribution in [3.63, 3.8) is 0 Å². The van der Waals surface area contributed by atoms with E-state index in [-0.39, 0.29) is 11.9 Å². The van der Waals surface area contributed by atoms with Crippen LogP contribution in [-0.2, 0) is 19.1 Å². The second-order valence-corrected chi connectivity index (χ2v) is 6.27. The van der Waals surface area contributed by atoms with Crippen LogP contribution in [0.5, 0.6) is 0 Å². The smallest absolute Gasteiger partial charge is 0.306 e. The van der Waals surface area contributed by atoms with Gasteiger partial charge in [0.25, 0.3) is 0 Å². The van der Waals surface area contributed by atoms with Gasteiger partial charge in [-0.25, -0.2) is 0 Å². The first kappa shape index (κ1) is 22.8. The van der Waals surface area contributed by atoms with Gasteiger partial charge in [-0.3, -0.25) is 9.59 Å². The Morgan fingerprint density at radius 1 is 0.625 bits per heavy atom. The molecule has 0 unspecified atom stereocenters. The third-order valence-corrected chi connectivity index (χ3v) is 4.01. The fraction of sp³-hybridized carbons (Fsp3) is 0.882. The average molecular weight is 345 g/mol. The molecule has 0 radical (unpaired) electrons. The Morgan fingerprint density at radius 3 is 1.21 bits per heavy atom. The molecular formula is C17H35N3O4. The van der Waals surface area contributed by atoms with Crippen molar-refractivity contribution < 1.29 is 19.1 Å². The molecule has 0 spiro atoms. The van der Waals surface area contributed by atoms with E-state index in [1.807, 2.05) is 14.1 Å². The number of hydrogen-bond donors (Lipinski definition) is 0. The second-order valence-electron chi connectivity index (χ2n) is 6.27. The third-order valence-electron chi connectivity index (χ3n) is 4.01. The lowest BCUT2D eigenvalue weighted by Crippen LogP contribution is -2.30. The van der Waals surface area contributed by atoms with Gasteiger partial charge in [-0.1, -0.05) is 0 Å². The topological polar surface area (TPSA) is 62.3 Å². The summed E-state index contributed by atoms with van der Waals surface area (Å²) in [5, 5.41) is 0. The Morgan fingerprint density at radius 2 is 0.917 bits per heavy atom. The predicted molar refractivity (Wildman–Crippen MR) is 95.0 cm³/mol. The highest BCUT2D eigenvalue weighted by molar-refractivity contribution is 5.69. The summed E-state index contributed by atoms with van der Waals surface area (Å²) in [4.78, 5) is 28.8. The minimum absolute atomic E-state index is 0.157. The zero-order valence-corrected chi connectivity index (χ0v) is 16.0. The number of rotatable bonds is 14. The van der Waals surface area contributed by atoms with Crippen LogP contribution in [-0.4, -0.2) is 101 Å². The van der Waals surface area contributed by atoms with Gasteiger partial charge in [0.05, 0.1) is 27.1 Å². The van der Waals surface area contributed by atoms with Gasteiger partial charge in [-0.15, -0.1) is 0 Å². The number of ether oxygens (including phenoxy) is 2. The van der Waals surface area contributed by atoms with Crippen LogP contribution in [0.2, 0.25) is 0 Å². The maximum Gasteiger partial charge on any atom is 0.306 e. The lowest BCUT2D eigenvalue weighted by molar-refractivity contribution is -0.141. The lowest BCUT2D eigenvalue weighted by Gasteiger charge is -2.21. The molecule has 0 N–H and O–H groups in total. The first-order valence-electron chi connectivity index (χ1n) is 8.58. The van der Waals surface area contributed by atoms with Gasteiger partial charge < -0.3 is 24.2 Å². The molecule has 0 heterocycles. The number of carbonyl (C=O) groups excluding carboxylic acids is 2. The van der Waals surface area contributed by atoms with Gasteiger partial charge in [-0.2, -0.15) is 0 Å². The van der Waals surface area contributed by atoms with E-state index in [4.69, 9.17) is 0 Å². The summed E-state index contributed by atoms with van der Waals surface area (Å²) in [5.74, 6) is -0.314. The summed E-state index contributed by atoms with van der Waals surface area (Å²) in [6.07, 6.45) is 3.04. The van der Waals surface area contributed by atoms with E-state index >= 15 is 0 Å². The summed E-state index contributed by atoms with van der Waals surface area (Å²) >= 11 is 0. The Hall–Kier alpha value is -1.18. The molecule has 0 aliphatic carbocycles. The summed E-state index contributed by atoms with van der Waals surface area (Å²) < 4.78 is 9.28. The van der Waals surface area contributed by atoms with E-state index in [1.165, 1.54) is 14.2 Å². The molecule has 7 heteroatoms. The van der Waals surface area contributed by atoms with Crippen LogP contribution in [0.25, 0.3) is 0 Å². The van der Waals surface area contributed by atoms with Crippen LogP contribution in [0.1, 0.15) is 25.7 Å². The molecule has 24 heavy (non-hydrogen) atoms. The fourth-order valence-corrected chi connectivity index (χ4v) is 2.32. The average Bonchev–Trinajstić information content (AvgIpc) is 2.57. The molecule has 0 rings (SSSR count). The Bertz CT molecular complexity index is 321. The van der Waals surface area contributed by atoms with Crippen LogP contribution in [0.15, 0.2) is 0 Å². The maximum absolute atomic E-state index is 11.1. The van der Waals surface area contributed by atoms with E-state index in [1.54, 1.807) is 0 Å². The van der Waals surface area contributed by atoms with Crippen LogP contribution in [0.3, 0.4) is 0 Å². The number of nitrogens with zero attached hydrogens (tertiary/aromatic N) is 3. The van der Waals surface area contributed by atoms with Gasteiger partial charge in [-0.05, 0) is 60.2 Å². The summed E-state index contributed by atoms with van der Waals surface area (Å²) in [7, 11) is 9.02. The number of hydrogen-bond acceptors (Lipinski definition) is 7. The molecule has 0 aliphatic heterocycles. The Balaban J connectivity index is 3.60. The van der Waals surface area contributed by atoms with Crippen molar-refractivity contribution in [2.24, 2.45) is 0 Å². The molecule has 0 aromatic rings. The second kappa shape index (κ2) is 14.2. The quantitative estimate of drug-likeness (QED) is 0.429. The summed E-state index contributed by atoms with van der Waals surface area (Å²) in [6, 6.07) is 0. The van der Waals surface area contributed by atoms with Crippen molar-refractivity contribution in [1.82, 2.24) is 14.7 Å². The predicted octanol–water partition coefficient (Wildman–Crippen LogP) is 0.688. The molecule has 0 aliphatic rings. The Kier molecular flexibility index (Phi) is 13.5. The van der Waals surface area contributed by atoms with Gasteiger partial charge >= 0.3 is 11.9 Å². The molecule has 0 atom stereocenters. The van der Waals surface area contributed by atoms with Crippen molar-refractivity contribution in [2.45, 2.75) is 25.7 Å². The van der Waals surface area contributed by atoms with Crippen molar-refractivity contribution in [1.29, 1.82) is 0 Å². The number of carbonyl (C=O) groups is 2. The SMILES string of the molecule is COC(=O)CCN(C)CCCN(C)CCCN(C)CCC(=O)OC. The molecule has 0 amide bonds. The first-order chi connectivity index (χ1) is 11.4. The monoisotopic (exact) mass is 345 g/mol. The number of methoxy groups -OCH3 is 2. The van der Waals surface area contributed by atoms with E-state index < -0.39 is 0 Å². The van der Waals surface area contributed by atoms with E-state index in [9.17, 15) is 9.59 Å². The van der Waals surface area contributed by atoms with E-state index in [0.29, 0.717) is 12.8 Å². The highest BCUT2D eigenvalue weighted by Crippen LogP contribution is 1.97. The maximum atomic E-state index is 11.1. The summed E-state index contributed by atoms with van der Waals surface area (Å²) in [6.45, 7) is 5.49. The zero-order chi connectivity index (χ0) is 18.4. The standard InChI is InChI=1S/C17H35N3O4/c1-18(10-6-12-19(2)14-8-16(21)23-4)11-7-13-20(3)15-9-17(22)24-5/h6-15H2,1-5H3. The van der Waals surface area contributed by atoms with Gasteiger partial charge in [0.15, 0.2) is 0 Å². The molecule has 0 saturated heterocycles. The van der Waals surface area contributed by atoms with Gasteiger partial charge in [0.1, 0.15) is 0 Å². The molecule has 7 nitrogen and oxygen atoms in total. The van der Waals surface area contributed by atoms with Crippen molar-refractivity contribution in [3.8, 4) is 0 Å². The van der Waals surface area contributed by atoms with Crippen molar-refractivity contribution in [3.05, 3.63) is 0 Å². The molecule has 0 aromatic heterocycles. The van der Waals surface area contributed by atoms with Crippen molar-refractivity contribution >= 4 is 11.9 Å². The van der Waals surface area contributed by atoms with Gasteiger partial charge in [0, 0.05) is 13.1 Å². The van der Waals surface area contributed by atoms with E-state index in [2.05, 4.69) is 31.2 Å². The van der Waals surface area contributed by atoms with Crippen LogP contribution in [0.4, 0.5) is 0 Å².